The van der Waals surface area contributed by atoms with E-state index in [1.54, 1.807) is 18.2 Å². The number of carbonyl (C=O) groups is 2. The smallest absolute Gasteiger partial charge is 0.330 e. The number of halogens is 1. The van der Waals surface area contributed by atoms with Crippen LogP contribution < -0.4 is 5.32 Å². The minimum absolute atomic E-state index is 0.346. The molecular weight excluding hydrogens is 318 g/mol. The maximum Gasteiger partial charge on any atom is 0.330 e. The van der Waals surface area contributed by atoms with Gasteiger partial charge in [0.15, 0.2) is 6.10 Å². The van der Waals surface area contributed by atoms with Crippen molar-refractivity contribution in [1.29, 1.82) is 0 Å². The van der Waals surface area contributed by atoms with Crippen LogP contribution in [0.25, 0.3) is 0 Å². The number of hydrogen-bond donors (Lipinski definition) is 3. The molecule has 3 rings (SSSR count). The minimum atomic E-state index is -1.42. The molecule has 23 heavy (non-hydrogen) atoms. The number of carbonyl (C=O) groups excluding carboxylic acids is 1. The quantitative estimate of drug-likeness (QED) is 0.788. The Hall–Kier alpha value is -1.59. The zero-order valence-electron chi connectivity index (χ0n) is 12.7. The van der Waals surface area contributed by atoms with Gasteiger partial charge in [-0.15, -0.1) is 0 Å². The van der Waals surface area contributed by atoms with Crippen LogP contribution in [0.1, 0.15) is 50.2 Å². The summed E-state index contributed by atoms with van der Waals surface area (Å²) >= 11 is 5.87. The summed E-state index contributed by atoms with van der Waals surface area (Å²) in [6, 6.07) is 6.38. The molecule has 6 heteroatoms. The number of aliphatic carboxylic acids is 1. The van der Waals surface area contributed by atoms with Gasteiger partial charge in [0.2, 0.25) is 0 Å². The van der Waals surface area contributed by atoms with Crippen LogP contribution >= 0.6 is 11.6 Å². The summed E-state index contributed by atoms with van der Waals surface area (Å²) in [5, 5.41) is 22.9. The topological polar surface area (TPSA) is 86.6 Å². The first-order valence-corrected chi connectivity index (χ1v) is 8.27. The molecule has 0 aliphatic heterocycles. The number of nitrogens with one attached hydrogen (secondary N) is 1. The molecule has 2 atom stereocenters. The average Bonchev–Trinajstić information content (AvgIpc) is 3.14. The van der Waals surface area contributed by atoms with Gasteiger partial charge in [0, 0.05) is 10.4 Å². The predicted octanol–water partition coefficient (Wildman–Crippen LogP) is 2.67. The Morgan fingerprint density at radius 3 is 2.52 bits per heavy atom. The molecule has 2 aliphatic carbocycles. The van der Waals surface area contributed by atoms with Gasteiger partial charge < -0.3 is 15.5 Å². The number of amides is 1. The molecule has 0 saturated heterocycles. The van der Waals surface area contributed by atoms with E-state index >= 15 is 0 Å². The molecule has 5 nitrogen and oxygen atoms in total. The van der Waals surface area contributed by atoms with Crippen molar-refractivity contribution in [3.05, 3.63) is 34.9 Å². The SMILES string of the molecule is O=C(NC1(C(=O)O)CC12CCCCC2)C(O)c1cccc(Cl)c1. The van der Waals surface area contributed by atoms with Gasteiger partial charge in [0.05, 0.1) is 0 Å². The lowest BCUT2D eigenvalue weighted by molar-refractivity contribution is -0.146. The van der Waals surface area contributed by atoms with Crippen LogP contribution in [0.2, 0.25) is 5.02 Å². The maximum absolute atomic E-state index is 12.4. The molecule has 1 amide bonds. The highest BCUT2D eigenvalue weighted by molar-refractivity contribution is 6.30. The Bertz CT molecular complexity index is 641. The fraction of sp³-hybridized carbons (Fsp3) is 0.529. The third-order valence-corrected chi connectivity index (χ3v) is 5.54. The number of benzene rings is 1. The van der Waals surface area contributed by atoms with Gasteiger partial charge in [-0.2, -0.15) is 0 Å². The lowest BCUT2D eigenvalue weighted by atomic mass is 9.82. The maximum atomic E-state index is 12.4. The van der Waals surface area contributed by atoms with Crippen LogP contribution in [0.4, 0.5) is 0 Å². The zero-order valence-corrected chi connectivity index (χ0v) is 13.5. The van der Waals surface area contributed by atoms with Crippen molar-refractivity contribution in [3.63, 3.8) is 0 Å². The Balaban J connectivity index is 1.77. The van der Waals surface area contributed by atoms with Crippen LogP contribution in [-0.4, -0.2) is 27.6 Å². The van der Waals surface area contributed by atoms with E-state index in [2.05, 4.69) is 5.32 Å². The van der Waals surface area contributed by atoms with Gasteiger partial charge in [-0.1, -0.05) is 43.0 Å². The number of carboxylic acids is 1. The first-order chi connectivity index (χ1) is 10.9. The highest BCUT2D eigenvalue weighted by atomic mass is 35.5. The van der Waals surface area contributed by atoms with Crippen molar-refractivity contribution >= 4 is 23.5 Å². The molecular formula is C17H20ClNO4. The van der Waals surface area contributed by atoms with Gasteiger partial charge in [-0.3, -0.25) is 4.79 Å². The zero-order chi connectivity index (χ0) is 16.7. The Morgan fingerprint density at radius 1 is 1.22 bits per heavy atom. The van der Waals surface area contributed by atoms with E-state index in [1.807, 2.05) is 0 Å². The molecule has 1 aromatic carbocycles. The van der Waals surface area contributed by atoms with Crippen LogP contribution in [0.3, 0.4) is 0 Å². The normalized spacial score (nSPS) is 26.5. The first-order valence-electron chi connectivity index (χ1n) is 7.89. The highest BCUT2D eigenvalue weighted by Crippen LogP contribution is 2.64. The molecule has 3 N–H and O–H groups in total. The highest BCUT2D eigenvalue weighted by Gasteiger charge is 2.72. The van der Waals surface area contributed by atoms with Gasteiger partial charge in [0.1, 0.15) is 5.54 Å². The van der Waals surface area contributed by atoms with Crippen LogP contribution in [-0.2, 0) is 9.59 Å². The van der Waals surface area contributed by atoms with E-state index in [-0.39, 0.29) is 5.41 Å². The third-order valence-electron chi connectivity index (χ3n) is 5.31. The van der Waals surface area contributed by atoms with Crippen molar-refractivity contribution in [2.45, 2.75) is 50.2 Å². The Labute approximate surface area is 139 Å². The lowest BCUT2D eigenvalue weighted by Gasteiger charge is -2.28. The molecule has 2 unspecified atom stereocenters. The average molecular weight is 338 g/mol. The summed E-state index contributed by atoms with van der Waals surface area (Å²) in [6.45, 7) is 0. The summed E-state index contributed by atoms with van der Waals surface area (Å²) in [5.74, 6) is -1.69. The summed E-state index contributed by atoms with van der Waals surface area (Å²) < 4.78 is 0. The number of rotatable bonds is 4. The standard InChI is InChI=1S/C17H20ClNO4/c18-12-6-4-5-11(9-12)13(20)14(21)19-17(15(22)23)10-16(17)7-2-1-3-8-16/h4-6,9,13,20H,1-3,7-8,10H2,(H,19,21)(H,22,23). The minimum Gasteiger partial charge on any atom is -0.479 e. The summed E-state index contributed by atoms with van der Waals surface area (Å²) in [7, 11) is 0. The van der Waals surface area contributed by atoms with Crippen molar-refractivity contribution < 1.29 is 19.8 Å². The van der Waals surface area contributed by atoms with Crippen LogP contribution in [0.5, 0.6) is 0 Å². The molecule has 2 aliphatic rings. The molecule has 1 aromatic rings. The second kappa shape index (κ2) is 5.80. The Morgan fingerprint density at radius 2 is 1.91 bits per heavy atom. The fourth-order valence-corrected chi connectivity index (χ4v) is 4.13. The number of aliphatic hydroxyl groups is 1. The molecule has 0 aromatic heterocycles. The number of hydrogen-bond acceptors (Lipinski definition) is 3. The van der Waals surface area contributed by atoms with E-state index in [0.717, 1.165) is 32.1 Å². The van der Waals surface area contributed by atoms with Crippen LogP contribution in [0.15, 0.2) is 24.3 Å². The largest absolute Gasteiger partial charge is 0.479 e. The fourth-order valence-electron chi connectivity index (χ4n) is 3.93. The van der Waals surface area contributed by atoms with Crippen molar-refractivity contribution in [1.82, 2.24) is 5.32 Å². The van der Waals surface area contributed by atoms with Gasteiger partial charge >= 0.3 is 5.97 Å². The first kappa shape index (κ1) is 16.3. The van der Waals surface area contributed by atoms with Crippen LogP contribution in [0, 0.1) is 5.41 Å². The lowest BCUT2D eigenvalue weighted by Crippen LogP contribution is -2.49. The van der Waals surface area contributed by atoms with Gasteiger partial charge in [-0.05, 0) is 37.0 Å². The molecule has 0 heterocycles. The monoisotopic (exact) mass is 337 g/mol. The number of aliphatic hydroxyl groups excluding tert-OH is 1. The summed E-state index contributed by atoms with van der Waals surface area (Å²) in [4.78, 5) is 24.2. The predicted molar refractivity (Wildman–Crippen MR) is 85.1 cm³/mol. The van der Waals surface area contributed by atoms with Crippen molar-refractivity contribution in [2.75, 3.05) is 0 Å². The van der Waals surface area contributed by atoms with E-state index in [0.29, 0.717) is 17.0 Å². The third kappa shape index (κ3) is 2.72. The number of carboxylic acid groups (broad SMARTS) is 1. The second-order valence-corrected chi connectivity index (χ2v) is 7.11. The molecule has 2 fully saturated rings. The molecule has 124 valence electrons. The molecule has 0 bridgehead atoms. The second-order valence-electron chi connectivity index (χ2n) is 6.68. The molecule has 0 radical (unpaired) electrons. The van der Waals surface area contributed by atoms with Gasteiger partial charge in [-0.25, -0.2) is 4.79 Å². The summed E-state index contributed by atoms with van der Waals surface area (Å²) in [6.07, 6.45) is 3.73. The Kier molecular flexibility index (Phi) is 4.10. The molecule has 1 spiro atoms. The van der Waals surface area contributed by atoms with E-state index in [1.165, 1.54) is 6.07 Å². The van der Waals surface area contributed by atoms with E-state index in [4.69, 9.17) is 11.6 Å². The summed E-state index contributed by atoms with van der Waals surface area (Å²) in [5.41, 5.74) is -1.22. The van der Waals surface area contributed by atoms with Crippen molar-refractivity contribution in [2.24, 2.45) is 5.41 Å². The van der Waals surface area contributed by atoms with Gasteiger partial charge in [0.25, 0.3) is 5.91 Å². The molecule has 2 saturated carbocycles. The van der Waals surface area contributed by atoms with E-state index < -0.39 is 23.5 Å². The van der Waals surface area contributed by atoms with Crippen molar-refractivity contribution in [3.8, 4) is 0 Å². The van der Waals surface area contributed by atoms with E-state index in [9.17, 15) is 19.8 Å².